The smallest absolute Gasteiger partial charge is 0.274 e. The number of amides is 2. The summed E-state index contributed by atoms with van der Waals surface area (Å²) in [5.74, 6) is 0.429. The van der Waals surface area contributed by atoms with Crippen molar-refractivity contribution in [3.63, 3.8) is 0 Å². The molecule has 0 radical (unpaired) electrons. The number of carbonyl (C=O) groups excluding carboxylic acids is 2. The van der Waals surface area contributed by atoms with E-state index in [0.29, 0.717) is 43.4 Å². The average Bonchev–Trinajstić information content (AvgIpc) is 3.10. The number of rotatable bonds is 3. The number of piperazine rings is 1. The molecule has 7 nitrogen and oxygen atoms in total. The quantitative estimate of drug-likeness (QED) is 0.930. The summed E-state index contributed by atoms with van der Waals surface area (Å²) in [6.07, 6.45) is 5.28. The van der Waals surface area contributed by atoms with Crippen molar-refractivity contribution >= 4 is 11.8 Å². The minimum atomic E-state index is -0.0661. The molecule has 1 saturated carbocycles. The van der Waals surface area contributed by atoms with Crippen molar-refractivity contribution < 1.29 is 14.0 Å². The zero-order valence-corrected chi connectivity index (χ0v) is 12.7. The highest BCUT2D eigenvalue weighted by molar-refractivity contribution is 5.95. The summed E-state index contributed by atoms with van der Waals surface area (Å²) in [6.45, 7) is 2.09. The van der Waals surface area contributed by atoms with Crippen LogP contribution in [0.2, 0.25) is 0 Å². The average molecular weight is 314 g/mol. The minimum Gasteiger partial charge on any atom is -0.472 e. The van der Waals surface area contributed by atoms with Crippen LogP contribution in [0.3, 0.4) is 0 Å². The Morgan fingerprint density at radius 2 is 1.83 bits per heavy atom. The summed E-state index contributed by atoms with van der Waals surface area (Å²) in [6, 6.07) is 3.52. The van der Waals surface area contributed by atoms with Crippen molar-refractivity contribution in [2.75, 3.05) is 26.2 Å². The molecular formula is C16H18N4O3. The molecule has 7 heteroatoms. The molecule has 0 atom stereocenters. The van der Waals surface area contributed by atoms with Crippen molar-refractivity contribution in [3.8, 4) is 0 Å². The third-order valence-corrected chi connectivity index (χ3v) is 4.46. The first-order chi connectivity index (χ1) is 11.2. The minimum absolute atomic E-state index is 0.0540. The molecule has 0 bridgehead atoms. The summed E-state index contributed by atoms with van der Waals surface area (Å²) in [5.41, 5.74) is 2.08. The van der Waals surface area contributed by atoms with E-state index in [0.717, 1.165) is 5.69 Å². The molecule has 0 unspecified atom stereocenters. The number of nitrogens with one attached hydrogen (secondary N) is 1. The van der Waals surface area contributed by atoms with Gasteiger partial charge in [-0.1, -0.05) is 0 Å². The van der Waals surface area contributed by atoms with E-state index in [1.165, 1.54) is 25.4 Å². The van der Waals surface area contributed by atoms with Crippen molar-refractivity contribution in [1.29, 1.82) is 0 Å². The number of hydrogen-bond donors (Lipinski definition) is 1. The van der Waals surface area contributed by atoms with Gasteiger partial charge < -0.3 is 14.2 Å². The largest absolute Gasteiger partial charge is 0.472 e. The first-order valence-electron chi connectivity index (χ1n) is 7.88. The Hall–Kier alpha value is -2.57. The van der Waals surface area contributed by atoms with Crippen LogP contribution in [-0.4, -0.2) is 58.0 Å². The molecule has 23 heavy (non-hydrogen) atoms. The van der Waals surface area contributed by atoms with Crippen LogP contribution in [0.15, 0.2) is 29.1 Å². The van der Waals surface area contributed by atoms with E-state index in [9.17, 15) is 9.59 Å². The lowest BCUT2D eigenvalue weighted by molar-refractivity contribution is 0.0532. The third kappa shape index (κ3) is 2.74. The SMILES string of the molecule is O=C(c1ccoc1)N1CCN(C(=O)c2cc(C3CC3)[nH]n2)CC1. The Kier molecular flexibility index (Phi) is 3.40. The Morgan fingerprint density at radius 3 is 2.43 bits per heavy atom. The number of aromatic nitrogens is 2. The predicted octanol–water partition coefficient (Wildman–Crippen LogP) is 1.48. The number of hydrogen-bond acceptors (Lipinski definition) is 4. The van der Waals surface area contributed by atoms with Crippen LogP contribution in [0.4, 0.5) is 0 Å². The van der Waals surface area contributed by atoms with Crippen LogP contribution in [-0.2, 0) is 0 Å². The van der Waals surface area contributed by atoms with Gasteiger partial charge in [-0.3, -0.25) is 14.7 Å². The van der Waals surface area contributed by atoms with Gasteiger partial charge >= 0.3 is 0 Å². The van der Waals surface area contributed by atoms with Crippen LogP contribution < -0.4 is 0 Å². The number of furan rings is 1. The lowest BCUT2D eigenvalue weighted by atomic mass is 10.2. The molecule has 2 fully saturated rings. The second kappa shape index (κ2) is 5.57. The van der Waals surface area contributed by atoms with E-state index < -0.39 is 0 Å². The number of carbonyl (C=O) groups is 2. The fraction of sp³-hybridized carbons (Fsp3) is 0.438. The molecule has 0 aromatic carbocycles. The summed E-state index contributed by atoms with van der Waals surface area (Å²) < 4.78 is 4.95. The molecule has 2 aliphatic rings. The highest BCUT2D eigenvalue weighted by Crippen LogP contribution is 2.39. The fourth-order valence-electron chi connectivity index (χ4n) is 2.89. The maximum Gasteiger partial charge on any atom is 0.274 e. The number of nitrogens with zero attached hydrogens (tertiary/aromatic N) is 3. The summed E-state index contributed by atoms with van der Waals surface area (Å²) in [5, 5.41) is 7.10. The molecular weight excluding hydrogens is 296 g/mol. The molecule has 2 aromatic heterocycles. The third-order valence-electron chi connectivity index (χ3n) is 4.46. The van der Waals surface area contributed by atoms with Crippen LogP contribution in [0, 0.1) is 0 Å². The monoisotopic (exact) mass is 314 g/mol. The standard InChI is InChI=1S/C16H18N4O3/c21-15(12-3-8-23-10-12)19-4-6-20(7-5-19)16(22)14-9-13(17-18-14)11-1-2-11/h3,8-11H,1-2,4-7H2,(H,17,18). The first kappa shape index (κ1) is 14.0. The molecule has 4 rings (SSSR count). The van der Waals surface area contributed by atoms with Crippen molar-refractivity contribution in [1.82, 2.24) is 20.0 Å². The van der Waals surface area contributed by atoms with Crippen LogP contribution in [0.1, 0.15) is 45.3 Å². The summed E-state index contributed by atoms with van der Waals surface area (Å²) in [7, 11) is 0. The maximum atomic E-state index is 12.5. The molecule has 1 aliphatic heterocycles. The topological polar surface area (TPSA) is 82.4 Å². The van der Waals surface area contributed by atoms with Crippen LogP contribution in [0.5, 0.6) is 0 Å². The molecule has 120 valence electrons. The fourth-order valence-corrected chi connectivity index (χ4v) is 2.89. The van der Waals surface area contributed by atoms with E-state index in [1.807, 2.05) is 6.07 Å². The van der Waals surface area contributed by atoms with Gasteiger partial charge in [0, 0.05) is 37.8 Å². The van der Waals surface area contributed by atoms with Crippen LogP contribution >= 0.6 is 0 Å². The Labute approximate surface area is 133 Å². The number of H-pyrrole nitrogens is 1. The van der Waals surface area contributed by atoms with Gasteiger partial charge in [0.25, 0.3) is 11.8 Å². The molecule has 1 saturated heterocycles. The molecule has 2 amide bonds. The highest BCUT2D eigenvalue weighted by Gasteiger charge is 2.29. The first-order valence-corrected chi connectivity index (χ1v) is 7.88. The van der Waals surface area contributed by atoms with E-state index in [1.54, 1.807) is 15.9 Å². The Balaban J connectivity index is 1.36. The van der Waals surface area contributed by atoms with Gasteiger partial charge in [-0.25, -0.2) is 0 Å². The van der Waals surface area contributed by atoms with Gasteiger partial charge in [0.15, 0.2) is 0 Å². The van der Waals surface area contributed by atoms with Gasteiger partial charge in [-0.15, -0.1) is 0 Å². The van der Waals surface area contributed by atoms with Gasteiger partial charge in [0.1, 0.15) is 12.0 Å². The van der Waals surface area contributed by atoms with Gasteiger partial charge in [-0.05, 0) is 25.0 Å². The Bertz CT molecular complexity index is 710. The predicted molar refractivity (Wildman–Crippen MR) is 81.1 cm³/mol. The highest BCUT2D eigenvalue weighted by atomic mass is 16.3. The second-order valence-corrected chi connectivity index (χ2v) is 6.08. The van der Waals surface area contributed by atoms with Gasteiger partial charge in [0.05, 0.1) is 11.8 Å². The summed E-state index contributed by atoms with van der Waals surface area (Å²) in [4.78, 5) is 28.2. The molecule has 1 N–H and O–H groups in total. The lowest BCUT2D eigenvalue weighted by Crippen LogP contribution is -2.50. The Morgan fingerprint density at radius 1 is 1.13 bits per heavy atom. The van der Waals surface area contributed by atoms with Crippen molar-refractivity contribution in [3.05, 3.63) is 41.6 Å². The summed E-state index contributed by atoms with van der Waals surface area (Å²) >= 11 is 0. The molecule has 1 aliphatic carbocycles. The normalized spacial score (nSPS) is 18.3. The van der Waals surface area contributed by atoms with Crippen molar-refractivity contribution in [2.24, 2.45) is 0 Å². The van der Waals surface area contributed by atoms with E-state index in [2.05, 4.69) is 10.2 Å². The maximum absolute atomic E-state index is 12.5. The second-order valence-electron chi connectivity index (χ2n) is 6.08. The molecule has 2 aromatic rings. The van der Waals surface area contributed by atoms with Gasteiger partial charge in [-0.2, -0.15) is 5.10 Å². The van der Waals surface area contributed by atoms with Crippen molar-refractivity contribution in [2.45, 2.75) is 18.8 Å². The van der Waals surface area contributed by atoms with E-state index in [-0.39, 0.29) is 11.8 Å². The lowest BCUT2D eigenvalue weighted by Gasteiger charge is -2.34. The van der Waals surface area contributed by atoms with Gasteiger partial charge in [0.2, 0.25) is 0 Å². The molecule has 3 heterocycles. The number of aromatic amines is 1. The zero-order valence-electron chi connectivity index (χ0n) is 12.7. The van der Waals surface area contributed by atoms with Crippen LogP contribution in [0.25, 0.3) is 0 Å². The zero-order chi connectivity index (χ0) is 15.8. The molecule has 0 spiro atoms. The van der Waals surface area contributed by atoms with E-state index in [4.69, 9.17) is 4.42 Å². The van der Waals surface area contributed by atoms with E-state index >= 15 is 0 Å².